The quantitative estimate of drug-likeness (QED) is 0.481. The van der Waals surface area contributed by atoms with Crippen LogP contribution in [0.4, 0.5) is 0 Å². The van der Waals surface area contributed by atoms with Crippen LogP contribution in [0.3, 0.4) is 0 Å². The molecular weight excluding hydrogens is 484 g/mol. The number of hydrogen-bond donors (Lipinski definition) is 3. The van der Waals surface area contributed by atoms with Gasteiger partial charge in [0.1, 0.15) is 6.04 Å². The maximum Gasteiger partial charge on any atom is 0.246 e. The first-order valence-corrected chi connectivity index (χ1v) is 13.7. The number of carbonyl (C=O) groups excluding carboxylic acids is 2. The van der Waals surface area contributed by atoms with Crippen LogP contribution in [-0.2, 0) is 9.59 Å². The predicted octanol–water partition coefficient (Wildman–Crippen LogP) is 4.82. The molecule has 37 heavy (non-hydrogen) atoms. The fraction of sp³-hybridized carbons (Fsp3) is 0.552. The van der Waals surface area contributed by atoms with E-state index in [1.807, 2.05) is 54.0 Å². The van der Waals surface area contributed by atoms with Gasteiger partial charge in [-0.2, -0.15) is 0 Å². The standard InChI is InChI=1S/C29H42N4O3S/c1-17(20-10-12-21(13-11-20)24-19(3)30-16-37-24)31-18(2)23-14-22(34)15-33(23)26(35)25(28(4,5)6)32-27(36)29(7,8)9/h10-13,16-17,22-23,25,31,34H,2,14-15H2,1,3-9H3,(H,32,36)/t17-,22+,23-,25+/m0/s1. The fourth-order valence-corrected chi connectivity index (χ4v) is 5.32. The summed E-state index contributed by atoms with van der Waals surface area (Å²) in [5, 5.41) is 16.9. The molecule has 1 aliphatic heterocycles. The Bertz CT molecular complexity index is 1130. The Morgan fingerprint density at radius 3 is 2.27 bits per heavy atom. The van der Waals surface area contributed by atoms with E-state index in [4.69, 9.17) is 0 Å². The topological polar surface area (TPSA) is 94.6 Å². The molecular formula is C29H42N4O3S. The molecule has 1 saturated heterocycles. The summed E-state index contributed by atoms with van der Waals surface area (Å²) in [6, 6.07) is 7.22. The van der Waals surface area contributed by atoms with Crippen LogP contribution in [-0.4, -0.2) is 51.5 Å². The van der Waals surface area contributed by atoms with Crippen LogP contribution in [0.2, 0.25) is 0 Å². The molecule has 0 saturated carbocycles. The molecule has 202 valence electrons. The SMILES string of the molecule is C=C(N[C@@H](C)c1ccc(-c2scnc2C)cc1)[C@@H]1C[C@@H](O)CN1C(=O)[C@@H](NC(=O)C(C)(C)C)C(C)(C)C. The molecule has 1 fully saturated rings. The third-order valence-electron chi connectivity index (χ3n) is 6.85. The van der Waals surface area contributed by atoms with E-state index in [-0.39, 0.29) is 30.4 Å². The van der Waals surface area contributed by atoms with E-state index in [9.17, 15) is 14.7 Å². The lowest BCUT2D eigenvalue weighted by Crippen LogP contribution is -2.58. The van der Waals surface area contributed by atoms with E-state index in [1.165, 1.54) is 0 Å². The van der Waals surface area contributed by atoms with Gasteiger partial charge in [0.25, 0.3) is 0 Å². The summed E-state index contributed by atoms with van der Waals surface area (Å²) in [6.45, 7) is 19.8. The summed E-state index contributed by atoms with van der Waals surface area (Å²) in [7, 11) is 0. The van der Waals surface area contributed by atoms with Crippen LogP contribution in [0.1, 0.15) is 72.2 Å². The molecule has 7 nitrogen and oxygen atoms in total. The Hall–Kier alpha value is -2.71. The first-order chi connectivity index (χ1) is 17.1. The van der Waals surface area contributed by atoms with Crippen molar-refractivity contribution in [1.82, 2.24) is 20.5 Å². The summed E-state index contributed by atoms with van der Waals surface area (Å²) >= 11 is 1.63. The Kier molecular flexibility index (Phi) is 8.54. The Balaban J connectivity index is 1.74. The lowest BCUT2D eigenvalue weighted by atomic mass is 9.84. The highest BCUT2D eigenvalue weighted by Crippen LogP contribution is 2.31. The first-order valence-electron chi connectivity index (χ1n) is 12.8. The summed E-state index contributed by atoms with van der Waals surface area (Å²) < 4.78 is 0. The monoisotopic (exact) mass is 526 g/mol. The number of amides is 2. The number of aliphatic hydroxyl groups excluding tert-OH is 1. The minimum atomic E-state index is -0.722. The van der Waals surface area contributed by atoms with Gasteiger partial charge in [-0.3, -0.25) is 9.59 Å². The molecule has 2 amide bonds. The van der Waals surface area contributed by atoms with Crippen molar-refractivity contribution < 1.29 is 14.7 Å². The summed E-state index contributed by atoms with van der Waals surface area (Å²) in [4.78, 5) is 33.7. The number of nitrogens with zero attached hydrogens (tertiary/aromatic N) is 2. The number of thiazole rings is 1. The van der Waals surface area contributed by atoms with Crippen molar-refractivity contribution in [2.45, 2.75) is 86.0 Å². The molecule has 3 rings (SSSR count). The average Bonchev–Trinajstić information content (AvgIpc) is 3.40. The van der Waals surface area contributed by atoms with Gasteiger partial charge in [0.15, 0.2) is 0 Å². The Labute approximate surface area is 225 Å². The zero-order valence-corrected chi connectivity index (χ0v) is 24.2. The molecule has 2 aromatic rings. The largest absolute Gasteiger partial charge is 0.391 e. The maximum absolute atomic E-state index is 13.8. The van der Waals surface area contributed by atoms with Gasteiger partial charge in [0.05, 0.1) is 28.2 Å². The third kappa shape index (κ3) is 6.79. The molecule has 0 bridgehead atoms. The van der Waals surface area contributed by atoms with Crippen molar-refractivity contribution in [3.63, 3.8) is 0 Å². The van der Waals surface area contributed by atoms with Crippen molar-refractivity contribution in [1.29, 1.82) is 0 Å². The fourth-order valence-electron chi connectivity index (χ4n) is 4.51. The van der Waals surface area contributed by atoms with Gasteiger partial charge in [0, 0.05) is 30.1 Å². The lowest BCUT2D eigenvalue weighted by molar-refractivity contribution is -0.142. The van der Waals surface area contributed by atoms with E-state index in [1.54, 1.807) is 16.2 Å². The molecule has 1 aliphatic rings. The average molecular weight is 527 g/mol. The molecule has 0 unspecified atom stereocenters. The number of β-amino-alcohol motifs (C(OH)–C–C–N with tert-alkyl or cyclic N) is 1. The number of aliphatic hydroxyl groups is 1. The number of carbonyl (C=O) groups is 2. The minimum absolute atomic E-state index is 0.0437. The van der Waals surface area contributed by atoms with Crippen molar-refractivity contribution >= 4 is 23.2 Å². The molecule has 0 aliphatic carbocycles. The predicted molar refractivity (Wildman–Crippen MR) is 150 cm³/mol. The van der Waals surface area contributed by atoms with Crippen molar-refractivity contribution in [2.75, 3.05) is 6.54 Å². The van der Waals surface area contributed by atoms with E-state index in [0.717, 1.165) is 21.7 Å². The van der Waals surface area contributed by atoms with Crippen LogP contribution < -0.4 is 10.6 Å². The molecule has 0 radical (unpaired) electrons. The van der Waals surface area contributed by atoms with Gasteiger partial charge in [0.2, 0.25) is 11.8 Å². The van der Waals surface area contributed by atoms with E-state index < -0.39 is 23.0 Å². The second-order valence-corrected chi connectivity index (χ2v) is 13.1. The Morgan fingerprint density at radius 2 is 1.76 bits per heavy atom. The highest BCUT2D eigenvalue weighted by atomic mass is 32.1. The number of nitrogens with one attached hydrogen (secondary N) is 2. The molecule has 4 atom stereocenters. The zero-order chi connectivity index (χ0) is 27.7. The molecule has 2 heterocycles. The van der Waals surface area contributed by atoms with Crippen molar-refractivity contribution in [3.8, 4) is 10.4 Å². The molecule has 1 aromatic heterocycles. The van der Waals surface area contributed by atoms with E-state index >= 15 is 0 Å². The van der Waals surface area contributed by atoms with Gasteiger partial charge < -0.3 is 20.6 Å². The molecule has 1 aromatic carbocycles. The first kappa shape index (κ1) is 28.9. The molecule has 8 heteroatoms. The summed E-state index contributed by atoms with van der Waals surface area (Å²) in [5.41, 5.74) is 4.65. The lowest BCUT2D eigenvalue weighted by Gasteiger charge is -2.37. The van der Waals surface area contributed by atoms with Crippen molar-refractivity contribution in [3.05, 3.63) is 53.3 Å². The summed E-state index contributed by atoms with van der Waals surface area (Å²) in [6.07, 6.45) is -0.249. The molecule has 0 spiro atoms. The van der Waals surface area contributed by atoms with Crippen LogP contribution in [0.15, 0.2) is 42.1 Å². The number of benzene rings is 1. The zero-order valence-electron chi connectivity index (χ0n) is 23.4. The van der Waals surface area contributed by atoms with Gasteiger partial charge >= 0.3 is 0 Å². The third-order valence-corrected chi connectivity index (χ3v) is 7.83. The maximum atomic E-state index is 13.8. The second kappa shape index (κ2) is 11.0. The number of hydrogen-bond acceptors (Lipinski definition) is 6. The van der Waals surface area contributed by atoms with Gasteiger partial charge in [-0.1, -0.05) is 72.4 Å². The number of likely N-dealkylation sites (tertiary alicyclic amines) is 1. The molecule has 3 N–H and O–H groups in total. The van der Waals surface area contributed by atoms with Crippen LogP contribution in [0.5, 0.6) is 0 Å². The van der Waals surface area contributed by atoms with Gasteiger partial charge in [-0.05, 0) is 30.4 Å². The van der Waals surface area contributed by atoms with Crippen LogP contribution in [0.25, 0.3) is 10.4 Å². The minimum Gasteiger partial charge on any atom is -0.391 e. The number of aryl methyl sites for hydroxylation is 1. The van der Waals surface area contributed by atoms with Crippen LogP contribution >= 0.6 is 11.3 Å². The second-order valence-electron chi connectivity index (χ2n) is 12.2. The van der Waals surface area contributed by atoms with Gasteiger partial charge in [-0.25, -0.2) is 4.98 Å². The summed E-state index contributed by atoms with van der Waals surface area (Å²) in [5.74, 6) is -0.383. The number of rotatable bonds is 7. The van der Waals surface area contributed by atoms with E-state index in [2.05, 4.69) is 53.4 Å². The van der Waals surface area contributed by atoms with Crippen molar-refractivity contribution in [2.24, 2.45) is 10.8 Å². The van der Waals surface area contributed by atoms with Crippen LogP contribution in [0, 0.1) is 17.8 Å². The highest BCUT2D eigenvalue weighted by Gasteiger charge is 2.43. The van der Waals surface area contributed by atoms with Gasteiger partial charge in [-0.15, -0.1) is 11.3 Å². The smallest absolute Gasteiger partial charge is 0.246 e. The van der Waals surface area contributed by atoms with E-state index in [0.29, 0.717) is 12.1 Å². The Morgan fingerprint density at radius 1 is 1.14 bits per heavy atom. The number of aromatic nitrogens is 1. The normalized spacial score (nSPS) is 19.9. The highest BCUT2D eigenvalue weighted by molar-refractivity contribution is 7.13.